The standard InChI is InChI=1S/C15H13BrN4S/c1-9-8-21-15-19-10(2)14(20(9)15)7-18-13-4-3-12(16)5-11(13)6-17/h3-5,8,18H,7H2,1-2H3. The highest BCUT2D eigenvalue weighted by Crippen LogP contribution is 2.24. The van der Waals surface area contributed by atoms with Gasteiger partial charge in [0, 0.05) is 15.5 Å². The first-order valence-corrected chi connectivity index (χ1v) is 8.13. The SMILES string of the molecule is Cc1nc2scc(C)n2c1CNc1ccc(Br)cc1C#N. The van der Waals surface area contributed by atoms with Crippen LogP contribution in [0.25, 0.3) is 4.96 Å². The topological polar surface area (TPSA) is 53.1 Å². The zero-order valence-corrected chi connectivity index (χ0v) is 14.0. The van der Waals surface area contributed by atoms with Crippen molar-refractivity contribution in [2.45, 2.75) is 20.4 Å². The van der Waals surface area contributed by atoms with Gasteiger partial charge >= 0.3 is 0 Å². The molecule has 0 aliphatic heterocycles. The zero-order chi connectivity index (χ0) is 15.0. The van der Waals surface area contributed by atoms with E-state index in [1.807, 2.05) is 25.1 Å². The highest BCUT2D eigenvalue weighted by molar-refractivity contribution is 9.10. The average Bonchev–Trinajstić information content (AvgIpc) is 2.97. The van der Waals surface area contributed by atoms with Crippen LogP contribution in [0, 0.1) is 25.2 Å². The molecule has 4 nitrogen and oxygen atoms in total. The van der Waals surface area contributed by atoms with Crippen LogP contribution in [-0.2, 0) is 6.54 Å². The Morgan fingerprint density at radius 2 is 2.24 bits per heavy atom. The van der Waals surface area contributed by atoms with Crippen LogP contribution < -0.4 is 5.32 Å². The third-order valence-corrected chi connectivity index (χ3v) is 4.82. The number of anilines is 1. The number of nitrogens with zero attached hydrogens (tertiary/aromatic N) is 3. The van der Waals surface area contributed by atoms with Crippen molar-refractivity contribution in [3.05, 3.63) is 50.7 Å². The quantitative estimate of drug-likeness (QED) is 0.758. The normalized spacial score (nSPS) is 10.8. The van der Waals surface area contributed by atoms with Gasteiger partial charge in [0.25, 0.3) is 0 Å². The maximum absolute atomic E-state index is 9.21. The van der Waals surface area contributed by atoms with Crippen LogP contribution in [0.5, 0.6) is 0 Å². The smallest absolute Gasteiger partial charge is 0.194 e. The Bertz CT molecular complexity index is 857. The van der Waals surface area contributed by atoms with Gasteiger partial charge in [-0.2, -0.15) is 5.26 Å². The van der Waals surface area contributed by atoms with E-state index < -0.39 is 0 Å². The van der Waals surface area contributed by atoms with E-state index in [1.54, 1.807) is 11.3 Å². The van der Waals surface area contributed by atoms with Crippen molar-refractivity contribution in [1.82, 2.24) is 9.38 Å². The van der Waals surface area contributed by atoms with E-state index in [9.17, 15) is 5.26 Å². The van der Waals surface area contributed by atoms with Crippen molar-refractivity contribution in [3.8, 4) is 6.07 Å². The first-order valence-electron chi connectivity index (χ1n) is 6.45. The molecule has 0 saturated carbocycles. The largest absolute Gasteiger partial charge is 0.378 e. The number of rotatable bonds is 3. The summed E-state index contributed by atoms with van der Waals surface area (Å²) >= 11 is 5.03. The summed E-state index contributed by atoms with van der Waals surface area (Å²) in [6.07, 6.45) is 0. The van der Waals surface area contributed by atoms with Gasteiger partial charge < -0.3 is 5.32 Å². The number of hydrogen-bond acceptors (Lipinski definition) is 4. The molecular formula is C15H13BrN4S. The van der Waals surface area contributed by atoms with Crippen LogP contribution in [0.4, 0.5) is 5.69 Å². The van der Waals surface area contributed by atoms with Gasteiger partial charge in [-0.05, 0) is 32.0 Å². The van der Waals surface area contributed by atoms with Gasteiger partial charge in [-0.15, -0.1) is 11.3 Å². The Morgan fingerprint density at radius 3 is 3.00 bits per heavy atom. The molecule has 2 aromatic heterocycles. The van der Waals surface area contributed by atoms with Crippen molar-refractivity contribution in [1.29, 1.82) is 5.26 Å². The number of fused-ring (bicyclic) bond motifs is 1. The summed E-state index contributed by atoms with van der Waals surface area (Å²) < 4.78 is 3.07. The van der Waals surface area contributed by atoms with Crippen molar-refractivity contribution in [2.24, 2.45) is 0 Å². The average molecular weight is 361 g/mol. The van der Waals surface area contributed by atoms with E-state index in [-0.39, 0.29) is 0 Å². The summed E-state index contributed by atoms with van der Waals surface area (Å²) in [7, 11) is 0. The lowest BCUT2D eigenvalue weighted by Gasteiger charge is -2.09. The van der Waals surface area contributed by atoms with Crippen LogP contribution in [0.2, 0.25) is 0 Å². The molecule has 106 valence electrons. The minimum absolute atomic E-state index is 0.629. The predicted molar refractivity (Wildman–Crippen MR) is 88.7 cm³/mol. The monoisotopic (exact) mass is 360 g/mol. The number of hydrogen-bond donors (Lipinski definition) is 1. The molecule has 0 aliphatic rings. The molecule has 0 unspecified atom stereocenters. The zero-order valence-electron chi connectivity index (χ0n) is 11.6. The second-order valence-electron chi connectivity index (χ2n) is 4.79. The van der Waals surface area contributed by atoms with Crippen LogP contribution in [-0.4, -0.2) is 9.38 Å². The summed E-state index contributed by atoms with van der Waals surface area (Å²) in [5, 5.41) is 14.7. The molecule has 2 heterocycles. The molecule has 3 rings (SSSR count). The fourth-order valence-corrected chi connectivity index (χ4v) is 3.61. The molecule has 0 radical (unpaired) electrons. The molecule has 0 fully saturated rings. The number of halogens is 1. The number of nitrogens with one attached hydrogen (secondary N) is 1. The number of benzene rings is 1. The number of imidazole rings is 1. The van der Waals surface area contributed by atoms with Gasteiger partial charge in [0.1, 0.15) is 6.07 Å². The van der Waals surface area contributed by atoms with Gasteiger partial charge in [-0.3, -0.25) is 4.40 Å². The molecule has 0 bridgehead atoms. The van der Waals surface area contributed by atoms with E-state index in [2.05, 4.69) is 49.0 Å². The Hall–Kier alpha value is -1.84. The Labute approximate surface area is 135 Å². The van der Waals surface area contributed by atoms with Crippen molar-refractivity contribution in [2.75, 3.05) is 5.32 Å². The van der Waals surface area contributed by atoms with E-state index in [1.165, 1.54) is 5.69 Å². The maximum atomic E-state index is 9.21. The Balaban J connectivity index is 1.92. The minimum Gasteiger partial charge on any atom is -0.378 e. The molecule has 3 aromatic rings. The molecule has 6 heteroatoms. The molecule has 0 atom stereocenters. The number of aryl methyl sites for hydroxylation is 2. The van der Waals surface area contributed by atoms with E-state index in [4.69, 9.17) is 0 Å². The minimum atomic E-state index is 0.629. The predicted octanol–water partition coefficient (Wildman–Crippen LogP) is 4.26. The van der Waals surface area contributed by atoms with Gasteiger partial charge in [0.2, 0.25) is 0 Å². The van der Waals surface area contributed by atoms with Crippen LogP contribution >= 0.6 is 27.3 Å². The second kappa shape index (κ2) is 5.51. The van der Waals surface area contributed by atoms with Gasteiger partial charge in [-0.1, -0.05) is 15.9 Å². The van der Waals surface area contributed by atoms with Gasteiger partial charge in [-0.25, -0.2) is 4.98 Å². The molecule has 21 heavy (non-hydrogen) atoms. The summed E-state index contributed by atoms with van der Waals surface area (Å²) in [6.45, 7) is 4.73. The molecular weight excluding hydrogens is 348 g/mol. The lowest BCUT2D eigenvalue weighted by atomic mass is 10.2. The van der Waals surface area contributed by atoms with Crippen molar-refractivity contribution >= 4 is 37.9 Å². The second-order valence-corrected chi connectivity index (χ2v) is 6.55. The van der Waals surface area contributed by atoms with Crippen LogP contribution in [0.15, 0.2) is 28.1 Å². The third-order valence-electron chi connectivity index (χ3n) is 3.38. The Morgan fingerprint density at radius 1 is 1.43 bits per heavy atom. The lowest BCUT2D eigenvalue weighted by molar-refractivity contribution is 0.966. The lowest BCUT2D eigenvalue weighted by Crippen LogP contribution is -2.05. The summed E-state index contributed by atoms with van der Waals surface area (Å²) in [6, 6.07) is 7.87. The van der Waals surface area contributed by atoms with Gasteiger partial charge in [0.05, 0.1) is 29.2 Å². The number of aromatic nitrogens is 2. The fourth-order valence-electron chi connectivity index (χ4n) is 2.32. The molecule has 0 saturated heterocycles. The first-order chi connectivity index (χ1) is 10.1. The molecule has 0 aliphatic carbocycles. The fraction of sp³-hybridized carbons (Fsp3) is 0.200. The van der Waals surface area contributed by atoms with Crippen molar-refractivity contribution in [3.63, 3.8) is 0 Å². The highest BCUT2D eigenvalue weighted by Gasteiger charge is 2.12. The third kappa shape index (κ3) is 2.55. The van der Waals surface area contributed by atoms with Crippen molar-refractivity contribution < 1.29 is 0 Å². The van der Waals surface area contributed by atoms with Gasteiger partial charge in [0.15, 0.2) is 4.96 Å². The summed E-state index contributed by atoms with van der Waals surface area (Å²) in [5.74, 6) is 0. The highest BCUT2D eigenvalue weighted by atomic mass is 79.9. The van der Waals surface area contributed by atoms with Crippen LogP contribution in [0.3, 0.4) is 0 Å². The summed E-state index contributed by atoms with van der Waals surface area (Å²) in [4.78, 5) is 5.58. The van der Waals surface area contributed by atoms with E-state index in [0.717, 1.165) is 26.5 Å². The van der Waals surface area contributed by atoms with Crippen LogP contribution in [0.1, 0.15) is 22.6 Å². The number of nitriles is 1. The number of thiazole rings is 1. The molecule has 0 spiro atoms. The molecule has 1 aromatic carbocycles. The molecule has 1 N–H and O–H groups in total. The summed E-state index contributed by atoms with van der Waals surface area (Å²) in [5.41, 5.74) is 4.81. The molecule has 0 amide bonds. The van der Waals surface area contributed by atoms with E-state index >= 15 is 0 Å². The first kappa shape index (κ1) is 14.1. The Kier molecular flexibility index (Phi) is 3.70. The van der Waals surface area contributed by atoms with E-state index in [0.29, 0.717) is 12.1 Å². The maximum Gasteiger partial charge on any atom is 0.194 e.